The van der Waals surface area contributed by atoms with Crippen molar-refractivity contribution >= 4 is 39.4 Å². The lowest BCUT2D eigenvalue weighted by atomic mass is 10.3. The minimum atomic E-state index is -0.124. The predicted octanol–water partition coefficient (Wildman–Crippen LogP) is 0.516. The lowest BCUT2D eigenvalue weighted by Gasteiger charge is -1.93. The number of hydrogen-bond donors (Lipinski definition) is 3. The van der Waals surface area contributed by atoms with E-state index in [1.807, 2.05) is 24.3 Å². The number of benzene rings is 1. The third kappa shape index (κ3) is 2.09. The molecule has 0 radical (unpaired) electrons. The molecular weight excluding hydrogens is 224 g/mol. The summed E-state index contributed by atoms with van der Waals surface area (Å²) in [5.41, 5.74) is 15.9. The van der Waals surface area contributed by atoms with Gasteiger partial charge in [0.2, 0.25) is 5.96 Å². The Labute approximate surface area is 95.7 Å². The topological polar surface area (TPSA) is 116 Å². The molecule has 0 amide bonds. The van der Waals surface area contributed by atoms with Gasteiger partial charge >= 0.3 is 0 Å². The molecule has 2 rings (SSSR count). The number of hydrogen-bond acceptors (Lipinski definition) is 3. The van der Waals surface area contributed by atoms with Crippen molar-refractivity contribution in [3.8, 4) is 0 Å². The lowest BCUT2D eigenvalue weighted by Crippen LogP contribution is -2.26. The maximum absolute atomic E-state index is 5.52. The van der Waals surface area contributed by atoms with Crippen LogP contribution in [0, 0.1) is 0 Å². The molecule has 2 aromatic rings. The van der Waals surface area contributed by atoms with Crippen LogP contribution in [0.1, 0.15) is 0 Å². The van der Waals surface area contributed by atoms with Crippen LogP contribution in [0.25, 0.3) is 10.1 Å². The van der Waals surface area contributed by atoms with Crippen molar-refractivity contribution in [1.29, 1.82) is 0 Å². The van der Waals surface area contributed by atoms with Gasteiger partial charge in [0, 0.05) is 5.39 Å². The third-order valence-corrected chi connectivity index (χ3v) is 2.64. The van der Waals surface area contributed by atoms with E-state index in [1.54, 1.807) is 0 Å². The molecule has 0 fully saturated rings. The van der Waals surface area contributed by atoms with Gasteiger partial charge in [-0.1, -0.05) is 12.1 Å². The predicted molar refractivity (Wildman–Crippen MR) is 66.7 cm³/mol. The first-order chi connectivity index (χ1) is 7.66. The number of rotatable bonds is 1. The van der Waals surface area contributed by atoms with E-state index in [4.69, 9.17) is 17.2 Å². The number of aromatic nitrogens is 1. The van der Waals surface area contributed by atoms with Crippen LogP contribution in [0.5, 0.6) is 0 Å². The summed E-state index contributed by atoms with van der Waals surface area (Å²) in [7, 11) is 0. The second-order valence-electron chi connectivity index (χ2n) is 3.01. The van der Waals surface area contributed by atoms with Gasteiger partial charge in [0.25, 0.3) is 0 Å². The van der Waals surface area contributed by atoms with Crippen molar-refractivity contribution < 1.29 is 0 Å². The maximum Gasteiger partial charge on any atom is 0.225 e. The SMILES string of the molecule is NC(N)=NC(N)=Nc1nsc2ccccc12. The quantitative estimate of drug-likeness (QED) is 0.492. The smallest absolute Gasteiger partial charge is 0.225 e. The van der Waals surface area contributed by atoms with Crippen LogP contribution < -0.4 is 17.2 Å². The van der Waals surface area contributed by atoms with Gasteiger partial charge in [0.1, 0.15) is 0 Å². The van der Waals surface area contributed by atoms with E-state index in [-0.39, 0.29) is 11.9 Å². The molecule has 1 aromatic heterocycles. The van der Waals surface area contributed by atoms with Crippen LogP contribution in [-0.4, -0.2) is 16.3 Å². The Hall–Kier alpha value is -2.15. The molecule has 1 heterocycles. The number of fused-ring (bicyclic) bond motifs is 1. The summed E-state index contributed by atoms with van der Waals surface area (Å²) in [6.07, 6.45) is 0. The molecule has 0 aliphatic heterocycles. The fourth-order valence-corrected chi connectivity index (χ4v) is 1.94. The van der Waals surface area contributed by atoms with Gasteiger partial charge < -0.3 is 17.2 Å². The summed E-state index contributed by atoms with van der Waals surface area (Å²) in [6.45, 7) is 0. The molecular formula is C9H10N6S. The Balaban J connectivity index is 2.45. The van der Waals surface area contributed by atoms with Gasteiger partial charge in [0.15, 0.2) is 11.8 Å². The Morgan fingerprint density at radius 3 is 2.69 bits per heavy atom. The first kappa shape index (κ1) is 10.4. The Morgan fingerprint density at radius 1 is 1.19 bits per heavy atom. The van der Waals surface area contributed by atoms with E-state index in [2.05, 4.69) is 14.4 Å². The summed E-state index contributed by atoms with van der Waals surface area (Å²) in [5.74, 6) is 0.403. The summed E-state index contributed by atoms with van der Waals surface area (Å²) in [5, 5.41) is 0.932. The van der Waals surface area contributed by atoms with Crippen LogP contribution >= 0.6 is 11.5 Å². The summed E-state index contributed by atoms with van der Waals surface area (Å²) in [6, 6.07) is 7.73. The van der Waals surface area contributed by atoms with Crippen LogP contribution in [0.4, 0.5) is 5.82 Å². The molecule has 82 valence electrons. The second-order valence-corrected chi connectivity index (χ2v) is 3.81. The van der Waals surface area contributed by atoms with Crippen LogP contribution in [-0.2, 0) is 0 Å². The van der Waals surface area contributed by atoms with Crippen molar-refractivity contribution in [2.75, 3.05) is 0 Å². The van der Waals surface area contributed by atoms with E-state index in [9.17, 15) is 0 Å². The first-order valence-corrected chi connectivity index (χ1v) is 5.22. The van der Waals surface area contributed by atoms with Crippen molar-refractivity contribution in [1.82, 2.24) is 4.37 Å². The summed E-state index contributed by atoms with van der Waals surface area (Å²) >= 11 is 1.35. The fourth-order valence-electron chi connectivity index (χ4n) is 1.22. The number of guanidine groups is 2. The standard InChI is InChI=1S/C9H10N6S/c10-8(11)14-9(12)13-7-5-3-1-2-4-6(5)16-15-7/h1-4H,(H6,10,11,12,13,14,15). The number of aliphatic imine (C=N–C) groups is 2. The summed E-state index contributed by atoms with van der Waals surface area (Å²) in [4.78, 5) is 7.66. The fraction of sp³-hybridized carbons (Fsp3) is 0. The minimum absolute atomic E-state index is 0.00365. The average Bonchev–Trinajstić information content (AvgIpc) is 2.61. The van der Waals surface area contributed by atoms with Crippen molar-refractivity contribution in [2.24, 2.45) is 27.2 Å². The van der Waals surface area contributed by atoms with E-state index in [1.165, 1.54) is 11.5 Å². The molecule has 0 saturated heterocycles. The zero-order valence-corrected chi connectivity index (χ0v) is 9.11. The molecule has 1 aromatic carbocycles. The molecule has 0 aliphatic rings. The first-order valence-electron chi connectivity index (χ1n) is 4.45. The van der Waals surface area contributed by atoms with E-state index < -0.39 is 0 Å². The molecule has 0 aliphatic carbocycles. The molecule has 6 nitrogen and oxygen atoms in total. The van der Waals surface area contributed by atoms with Gasteiger partial charge in [-0.15, -0.1) is 0 Å². The molecule has 0 bridgehead atoms. The Morgan fingerprint density at radius 2 is 1.94 bits per heavy atom. The molecule has 0 spiro atoms. The second kappa shape index (κ2) is 4.15. The highest BCUT2D eigenvalue weighted by Gasteiger charge is 2.04. The highest BCUT2D eigenvalue weighted by Crippen LogP contribution is 2.28. The highest BCUT2D eigenvalue weighted by molar-refractivity contribution is 7.13. The van der Waals surface area contributed by atoms with Gasteiger partial charge in [-0.25, -0.2) is 0 Å². The van der Waals surface area contributed by atoms with Crippen LogP contribution in [0.2, 0.25) is 0 Å². The van der Waals surface area contributed by atoms with Gasteiger partial charge in [-0.3, -0.25) is 0 Å². The van der Waals surface area contributed by atoms with E-state index in [0.29, 0.717) is 5.82 Å². The van der Waals surface area contributed by atoms with Crippen molar-refractivity contribution in [3.63, 3.8) is 0 Å². The van der Waals surface area contributed by atoms with Crippen molar-refractivity contribution in [2.45, 2.75) is 0 Å². The van der Waals surface area contributed by atoms with Crippen molar-refractivity contribution in [3.05, 3.63) is 24.3 Å². The third-order valence-electron chi connectivity index (χ3n) is 1.82. The Bertz CT molecular complexity index is 566. The molecule has 0 saturated carbocycles. The number of nitrogens with zero attached hydrogens (tertiary/aromatic N) is 3. The molecule has 0 unspecified atom stereocenters. The molecule has 0 atom stereocenters. The van der Waals surface area contributed by atoms with Crippen LogP contribution in [0.15, 0.2) is 34.3 Å². The van der Waals surface area contributed by atoms with Crippen LogP contribution in [0.3, 0.4) is 0 Å². The highest BCUT2D eigenvalue weighted by atomic mass is 32.1. The van der Waals surface area contributed by atoms with E-state index in [0.717, 1.165) is 10.1 Å². The molecule has 7 heteroatoms. The molecule has 6 N–H and O–H groups in total. The minimum Gasteiger partial charge on any atom is -0.370 e. The zero-order chi connectivity index (χ0) is 11.5. The average molecular weight is 234 g/mol. The zero-order valence-electron chi connectivity index (χ0n) is 8.29. The van der Waals surface area contributed by atoms with E-state index >= 15 is 0 Å². The van der Waals surface area contributed by atoms with Gasteiger partial charge in [-0.2, -0.15) is 14.4 Å². The Kier molecular flexibility index (Phi) is 2.69. The van der Waals surface area contributed by atoms with Gasteiger partial charge in [0.05, 0.1) is 4.70 Å². The summed E-state index contributed by atoms with van der Waals surface area (Å²) < 4.78 is 5.21. The van der Waals surface area contributed by atoms with Gasteiger partial charge in [-0.05, 0) is 23.7 Å². The number of nitrogens with two attached hydrogens (primary N) is 3. The maximum atomic E-state index is 5.52. The normalized spacial score (nSPS) is 11.6. The molecule has 16 heavy (non-hydrogen) atoms. The monoisotopic (exact) mass is 234 g/mol. The largest absolute Gasteiger partial charge is 0.370 e. The lowest BCUT2D eigenvalue weighted by molar-refractivity contribution is 1.35.